The van der Waals surface area contributed by atoms with Crippen molar-refractivity contribution in [2.45, 2.75) is 163 Å². The number of aliphatic hydroxyl groups excluding tert-OH is 1. The van der Waals surface area contributed by atoms with Gasteiger partial charge in [0.1, 0.15) is 48.6 Å². The number of ether oxygens (including phenoxy) is 2. The van der Waals surface area contributed by atoms with Gasteiger partial charge in [0.25, 0.3) is 0 Å². The Hall–Kier alpha value is -5.26. The second-order valence-electron chi connectivity index (χ2n) is 19.8. The molecule has 2 fully saturated rings. The van der Waals surface area contributed by atoms with Gasteiger partial charge in [-0.3, -0.25) is 33.6 Å². The van der Waals surface area contributed by atoms with E-state index in [0.29, 0.717) is 24.2 Å². The number of methoxy groups -OCH3 is 1. The molecule has 3 rings (SSSR count). The van der Waals surface area contributed by atoms with Crippen molar-refractivity contribution in [3.63, 3.8) is 0 Å². The SMILES string of the molecule is CC[C@H](C)[C@H]1NC(=O)[C@@H](NC(=O)[C@@H](CC(C)C)N(C)C(=O)C(C)C)COC(=O)[C@H](Cc2ccc(OC)cc2)N(C)C(=O)[C@@H]2CCCN2C(=O)[C@H](CC(C)C)NC(=O)[C@H](C(C)C)NC(=O)C[C@@H]1O. The van der Waals surface area contributed by atoms with Gasteiger partial charge in [0, 0.05) is 33.0 Å². The third-order valence-corrected chi connectivity index (χ3v) is 12.8. The molecule has 0 bridgehead atoms. The number of hydrogen-bond donors (Lipinski definition) is 5. The minimum absolute atomic E-state index is 0.0422. The number of hydrogen-bond acceptors (Lipinski definition) is 11. The monoisotopic (exact) mass is 942 g/mol. The first-order chi connectivity index (χ1) is 31.4. The predicted octanol–water partition coefficient (Wildman–Crippen LogP) is 2.58. The van der Waals surface area contributed by atoms with Crippen molar-refractivity contribution in [1.29, 1.82) is 0 Å². The number of carbonyl (C=O) groups excluding carboxylic acids is 8. The van der Waals surface area contributed by atoms with E-state index in [2.05, 4.69) is 21.3 Å². The van der Waals surface area contributed by atoms with E-state index in [9.17, 15) is 43.5 Å². The van der Waals surface area contributed by atoms with Crippen molar-refractivity contribution in [2.75, 3.05) is 34.4 Å². The number of esters is 1. The Labute approximate surface area is 397 Å². The lowest BCUT2D eigenvalue weighted by Gasteiger charge is -2.35. The van der Waals surface area contributed by atoms with Crippen molar-refractivity contribution in [3.8, 4) is 5.75 Å². The summed E-state index contributed by atoms with van der Waals surface area (Å²) in [6.07, 6.45) is -0.374. The zero-order valence-electron chi connectivity index (χ0n) is 42.1. The lowest BCUT2D eigenvalue weighted by molar-refractivity contribution is -0.158. The number of cyclic esters (lactones) is 1. The molecule has 18 nitrogen and oxygen atoms in total. The average Bonchev–Trinajstić information content (AvgIpc) is 3.77. The smallest absolute Gasteiger partial charge is 0.329 e. The number of nitrogens with zero attached hydrogens (tertiary/aromatic N) is 3. The van der Waals surface area contributed by atoms with Crippen molar-refractivity contribution < 1.29 is 52.9 Å². The molecule has 0 unspecified atom stereocenters. The molecule has 2 aliphatic rings. The van der Waals surface area contributed by atoms with Crippen LogP contribution in [0, 0.1) is 29.6 Å². The summed E-state index contributed by atoms with van der Waals surface area (Å²) in [5.41, 5.74) is 0.636. The van der Waals surface area contributed by atoms with Crippen LogP contribution in [0.1, 0.15) is 113 Å². The van der Waals surface area contributed by atoms with Gasteiger partial charge in [0.2, 0.25) is 41.4 Å². The van der Waals surface area contributed by atoms with Gasteiger partial charge in [-0.1, -0.05) is 87.8 Å². The Morgan fingerprint density at radius 3 is 2.10 bits per heavy atom. The first-order valence-corrected chi connectivity index (χ1v) is 23.9. The van der Waals surface area contributed by atoms with Crippen LogP contribution in [0.15, 0.2) is 24.3 Å². The fourth-order valence-electron chi connectivity index (χ4n) is 8.58. The van der Waals surface area contributed by atoms with E-state index in [4.69, 9.17) is 9.47 Å². The Bertz CT molecular complexity index is 1870. The second kappa shape index (κ2) is 25.8. The maximum atomic E-state index is 14.6. The van der Waals surface area contributed by atoms with Crippen LogP contribution in [0.25, 0.3) is 0 Å². The molecule has 2 heterocycles. The van der Waals surface area contributed by atoms with Crippen LogP contribution < -0.4 is 26.0 Å². The standard InChI is InChI=1S/C49H79N7O11/c1-14-31(10)42-39(57)25-40(58)52-41(29(6)7)45(61)50-34(22-27(2)3)47(63)56-21-15-16-36(56)48(64)55(12)38(24-32-17-19-33(66-13)20-18-32)49(65)67-26-35(43(59)53-42)51-44(60)37(23-28(4)5)54(11)46(62)30(8)9/h17-20,27-31,34-39,41-42,57H,14-16,21-26H2,1-13H3,(H,50,61)(H,51,60)(H,52,58)(H,53,59)/t31-,34-,35-,36-,37+,38-,39-,41-,42+/m0/s1. The molecule has 1 aromatic carbocycles. The molecule has 7 amide bonds. The van der Waals surface area contributed by atoms with Crippen molar-refractivity contribution in [2.24, 2.45) is 29.6 Å². The summed E-state index contributed by atoms with van der Waals surface area (Å²) < 4.78 is 11.2. The van der Waals surface area contributed by atoms with Crippen LogP contribution in [-0.2, 0) is 49.5 Å². The summed E-state index contributed by atoms with van der Waals surface area (Å²) >= 11 is 0. The third-order valence-electron chi connectivity index (χ3n) is 12.8. The highest BCUT2D eigenvalue weighted by atomic mass is 16.5. The van der Waals surface area contributed by atoms with Gasteiger partial charge in [-0.2, -0.15) is 0 Å². The summed E-state index contributed by atoms with van der Waals surface area (Å²) in [6.45, 7) is 17.6. The minimum atomic E-state index is -1.58. The molecular weight excluding hydrogens is 863 g/mol. The molecule has 2 saturated heterocycles. The van der Waals surface area contributed by atoms with Gasteiger partial charge in [-0.25, -0.2) is 4.79 Å². The largest absolute Gasteiger partial charge is 0.497 e. The Morgan fingerprint density at radius 1 is 0.910 bits per heavy atom. The topological polar surface area (TPSA) is 233 Å². The zero-order chi connectivity index (χ0) is 50.4. The van der Waals surface area contributed by atoms with Gasteiger partial charge in [-0.15, -0.1) is 0 Å². The molecule has 1 aromatic rings. The van der Waals surface area contributed by atoms with E-state index in [1.54, 1.807) is 58.9 Å². The van der Waals surface area contributed by atoms with Crippen molar-refractivity contribution >= 4 is 47.3 Å². The van der Waals surface area contributed by atoms with E-state index < -0.39 is 121 Å². The molecule has 0 aliphatic carbocycles. The van der Waals surface area contributed by atoms with E-state index in [-0.39, 0.29) is 50.0 Å². The van der Waals surface area contributed by atoms with E-state index in [1.807, 2.05) is 34.6 Å². The number of aliphatic hydroxyl groups is 1. The number of rotatable bonds is 14. The molecule has 5 N–H and O–H groups in total. The van der Waals surface area contributed by atoms with Crippen LogP contribution in [0.4, 0.5) is 0 Å². The second-order valence-corrected chi connectivity index (χ2v) is 19.8. The highest BCUT2D eigenvalue weighted by Crippen LogP contribution is 2.25. The minimum Gasteiger partial charge on any atom is -0.497 e. The number of benzene rings is 1. The lowest BCUT2D eigenvalue weighted by atomic mass is 9.91. The van der Waals surface area contributed by atoms with Crippen molar-refractivity contribution in [3.05, 3.63) is 29.8 Å². The molecule has 0 aromatic heterocycles. The van der Waals surface area contributed by atoms with Crippen LogP contribution in [0.2, 0.25) is 0 Å². The summed E-state index contributed by atoms with van der Waals surface area (Å²) in [6, 6.07) is -1.23. The molecule has 67 heavy (non-hydrogen) atoms. The van der Waals surface area contributed by atoms with Gasteiger partial charge >= 0.3 is 5.97 Å². The molecule has 0 radical (unpaired) electrons. The quantitative estimate of drug-likeness (QED) is 0.170. The molecule has 0 saturated carbocycles. The fraction of sp³-hybridized carbons (Fsp3) is 0.714. The molecule has 2 aliphatic heterocycles. The van der Waals surface area contributed by atoms with Crippen LogP contribution in [0.5, 0.6) is 5.75 Å². The first-order valence-electron chi connectivity index (χ1n) is 23.9. The number of fused-ring (bicyclic) bond motifs is 1. The number of likely N-dealkylation sites (N-methyl/N-ethyl adjacent to an activating group) is 2. The Balaban J connectivity index is 2.22. The number of carbonyl (C=O) groups is 8. The Morgan fingerprint density at radius 2 is 1.55 bits per heavy atom. The van der Waals surface area contributed by atoms with Gasteiger partial charge < -0.3 is 50.5 Å². The molecule has 376 valence electrons. The first kappa shape index (κ1) is 56.1. The molecule has 0 spiro atoms. The maximum absolute atomic E-state index is 14.6. The molecule has 9 atom stereocenters. The highest BCUT2D eigenvalue weighted by molar-refractivity contribution is 5.96. The molecule has 18 heteroatoms. The summed E-state index contributed by atoms with van der Waals surface area (Å²) in [5, 5.41) is 22.8. The van der Waals surface area contributed by atoms with Crippen LogP contribution >= 0.6 is 0 Å². The highest BCUT2D eigenvalue weighted by Gasteiger charge is 2.43. The molecular formula is C49H79N7O11. The summed E-state index contributed by atoms with van der Waals surface area (Å²) in [4.78, 5) is 117. The van der Waals surface area contributed by atoms with Crippen LogP contribution in [0.3, 0.4) is 0 Å². The van der Waals surface area contributed by atoms with Gasteiger partial charge in [0.05, 0.1) is 25.7 Å². The lowest BCUT2D eigenvalue weighted by Crippen LogP contribution is -2.59. The maximum Gasteiger partial charge on any atom is 0.329 e. The number of nitrogens with one attached hydrogen (secondary N) is 4. The summed E-state index contributed by atoms with van der Waals surface area (Å²) in [5.74, 6) is -5.93. The Kier molecular flexibility index (Phi) is 21.6. The van der Waals surface area contributed by atoms with Crippen molar-refractivity contribution in [1.82, 2.24) is 36.0 Å². The normalized spacial score (nSPS) is 25.2. The van der Waals surface area contributed by atoms with Crippen LogP contribution in [-0.4, -0.2) is 150 Å². The van der Waals surface area contributed by atoms with E-state index in [1.165, 1.54) is 35.9 Å². The average molecular weight is 942 g/mol. The predicted molar refractivity (Wildman–Crippen MR) is 252 cm³/mol. The third kappa shape index (κ3) is 15.6. The summed E-state index contributed by atoms with van der Waals surface area (Å²) in [7, 11) is 4.47. The van der Waals surface area contributed by atoms with E-state index >= 15 is 0 Å². The zero-order valence-corrected chi connectivity index (χ0v) is 42.1. The van der Waals surface area contributed by atoms with Gasteiger partial charge in [0.15, 0.2) is 0 Å². The van der Waals surface area contributed by atoms with E-state index in [0.717, 1.165) is 0 Å². The fourth-order valence-corrected chi connectivity index (χ4v) is 8.58. The number of amides is 7. The van der Waals surface area contributed by atoms with Gasteiger partial charge in [-0.05, 0) is 67.1 Å².